The Bertz CT molecular complexity index is 1420. The Morgan fingerprint density at radius 3 is 2.50 bits per heavy atom. The number of hydrogen-bond acceptors (Lipinski definition) is 5. The average Bonchev–Trinajstić information content (AvgIpc) is 3.14. The van der Waals surface area contributed by atoms with Crippen LogP contribution in [0.1, 0.15) is 24.1 Å². The normalized spacial score (nSPS) is 17.3. The zero-order chi connectivity index (χ0) is 23.7. The molecule has 1 aromatic heterocycles. The van der Waals surface area contributed by atoms with Crippen LogP contribution in [0.2, 0.25) is 0 Å². The van der Waals surface area contributed by atoms with E-state index in [1.54, 1.807) is 48.8 Å². The lowest BCUT2D eigenvalue weighted by atomic mass is 9.95. The van der Waals surface area contributed by atoms with E-state index in [0.717, 1.165) is 10.8 Å². The average molecular weight is 450 g/mol. The number of amides is 1. The third kappa shape index (κ3) is 3.59. The maximum atomic E-state index is 13.4. The van der Waals surface area contributed by atoms with Crippen molar-refractivity contribution in [2.75, 3.05) is 11.5 Å². The van der Waals surface area contributed by atoms with Crippen molar-refractivity contribution in [3.8, 4) is 5.75 Å². The Kier molecular flexibility index (Phi) is 5.55. The fourth-order valence-corrected chi connectivity index (χ4v) is 4.42. The molecular formula is C28H22N2O4. The van der Waals surface area contributed by atoms with Crippen molar-refractivity contribution < 1.29 is 19.4 Å². The van der Waals surface area contributed by atoms with E-state index in [-0.39, 0.29) is 11.3 Å². The molecule has 34 heavy (non-hydrogen) atoms. The molecule has 1 saturated heterocycles. The topological polar surface area (TPSA) is 79.7 Å². The van der Waals surface area contributed by atoms with E-state index in [9.17, 15) is 14.7 Å². The molecule has 0 aliphatic carbocycles. The lowest BCUT2D eigenvalue weighted by Gasteiger charge is -2.26. The molecule has 5 rings (SSSR count). The van der Waals surface area contributed by atoms with Gasteiger partial charge in [-0.1, -0.05) is 48.5 Å². The molecule has 168 valence electrons. The standard InChI is InChI=1S/C28H22N2O4/c1-2-34-21-10-5-9-20(17-21)26(31)24-25(19-13-15-29-16-14-19)30(28(33)27(24)32)23-12-6-8-18-7-3-4-11-22(18)23/h3-17,25,31H,2H2,1H3/b26-24+. The fraction of sp³-hybridized carbons (Fsp3) is 0.107. The first kappa shape index (κ1) is 21.4. The van der Waals surface area contributed by atoms with E-state index in [1.807, 2.05) is 49.4 Å². The quantitative estimate of drug-likeness (QED) is 0.255. The summed E-state index contributed by atoms with van der Waals surface area (Å²) in [7, 11) is 0. The molecule has 1 aliphatic heterocycles. The number of Topliss-reactive ketones (excluding diaryl/α,β-unsaturated/α-hetero) is 1. The van der Waals surface area contributed by atoms with Gasteiger partial charge in [0.2, 0.25) is 0 Å². The third-order valence-electron chi connectivity index (χ3n) is 5.91. The molecule has 4 aromatic rings. The summed E-state index contributed by atoms with van der Waals surface area (Å²) in [5, 5.41) is 13.1. The number of carbonyl (C=O) groups is 2. The van der Waals surface area contributed by atoms with E-state index >= 15 is 0 Å². The van der Waals surface area contributed by atoms with Crippen molar-refractivity contribution in [2.45, 2.75) is 13.0 Å². The van der Waals surface area contributed by atoms with Crippen molar-refractivity contribution in [1.29, 1.82) is 0 Å². The number of fused-ring (bicyclic) bond motifs is 1. The highest BCUT2D eigenvalue weighted by molar-refractivity contribution is 6.52. The van der Waals surface area contributed by atoms with Gasteiger partial charge in [-0.25, -0.2) is 0 Å². The highest BCUT2D eigenvalue weighted by Gasteiger charge is 2.47. The molecule has 3 aromatic carbocycles. The van der Waals surface area contributed by atoms with Crippen molar-refractivity contribution in [3.63, 3.8) is 0 Å². The molecule has 6 nitrogen and oxygen atoms in total. The highest BCUT2D eigenvalue weighted by Crippen LogP contribution is 2.44. The molecule has 0 radical (unpaired) electrons. The number of benzene rings is 3. The summed E-state index contributed by atoms with van der Waals surface area (Å²) in [6.45, 7) is 2.33. The number of anilines is 1. The van der Waals surface area contributed by atoms with Gasteiger partial charge in [0.05, 0.1) is 23.9 Å². The van der Waals surface area contributed by atoms with Gasteiger partial charge in [-0.3, -0.25) is 19.5 Å². The fourth-order valence-electron chi connectivity index (χ4n) is 4.42. The second kappa shape index (κ2) is 8.83. The molecule has 1 aliphatic rings. The molecule has 0 bridgehead atoms. The molecule has 1 unspecified atom stereocenters. The first-order valence-electron chi connectivity index (χ1n) is 11.0. The first-order valence-corrected chi connectivity index (χ1v) is 11.0. The zero-order valence-corrected chi connectivity index (χ0v) is 18.5. The molecule has 1 atom stereocenters. The van der Waals surface area contributed by atoms with Crippen LogP contribution >= 0.6 is 0 Å². The Hall–Kier alpha value is -4.45. The minimum atomic E-state index is -0.815. The van der Waals surface area contributed by atoms with Gasteiger partial charge in [0.1, 0.15) is 11.5 Å². The van der Waals surface area contributed by atoms with Crippen LogP contribution in [0.4, 0.5) is 5.69 Å². The minimum absolute atomic E-state index is 0.0257. The van der Waals surface area contributed by atoms with Gasteiger partial charge in [-0.2, -0.15) is 0 Å². The van der Waals surface area contributed by atoms with Gasteiger partial charge >= 0.3 is 0 Å². The Labute approximate surface area is 196 Å². The van der Waals surface area contributed by atoms with Crippen molar-refractivity contribution in [2.24, 2.45) is 0 Å². The van der Waals surface area contributed by atoms with Crippen LogP contribution in [0.5, 0.6) is 5.75 Å². The van der Waals surface area contributed by atoms with E-state index in [2.05, 4.69) is 4.98 Å². The predicted molar refractivity (Wildman–Crippen MR) is 131 cm³/mol. The van der Waals surface area contributed by atoms with Crippen LogP contribution in [0.25, 0.3) is 16.5 Å². The van der Waals surface area contributed by atoms with Crippen LogP contribution in [0.15, 0.2) is 96.8 Å². The number of aliphatic hydroxyl groups is 1. The second-order valence-electron chi connectivity index (χ2n) is 7.91. The molecule has 2 heterocycles. The predicted octanol–water partition coefficient (Wildman–Crippen LogP) is 5.26. The van der Waals surface area contributed by atoms with Crippen LogP contribution in [0, 0.1) is 0 Å². The monoisotopic (exact) mass is 450 g/mol. The van der Waals surface area contributed by atoms with Gasteiger partial charge in [-0.05, 0) is 48.2 Å². The summed E-state index contributed by atoms with van der Waals surface area (Å²) in [6, 6.07) is 22.9. The number of aliphatic hydroxyl groups excluding tert-OH is 1. The summed E-state index contributed by atoms with van der Waals surface area (Å²) in [4.78, 5) is 32.4. The van der Waals surface area contributed by atoms with E-state index in [1.165, 1.54) is 4.90 Å². The number of nitrogens with zero attached hydrogens (tertiary/aromatic N) is 2. The Morgan fingerprint density at radius 2 is 1.71 bits per heavy atom. The van der Waals surface area contributed by atoms with Crippen molar-refractivity contribution in [1.82, 2.24) is 4.98 Å². The number of pyridine rings is 1. The van der Waals surface area contributed by atoms with Crippen LogP contribution in [-0.4, -0.2) is 28.4 Å². The van der Waals surface area contributed by atoms with Crippen LogP contribution in [0.3, 0.4) is 0 Å². The van der Waals surface area contributed by atoms with E-state index in [0.29, 0.717) is 29.2 Å². The molecule has 6 heteroatoms. The largest absolute Gasteiger partial charge is 0.507 e. The summed E-state index contributed by atoms with van der Waals surface area (Å²) in [6.07, 6.45) is 3.21. The van der Waals surface area contributed by atoms with E-state index < -0.39 is 17.7 Å². The maximum absolute atomic E-state index is 13.4. The number of hydrogen-bond donors (Lipinski definition) is 1. The van der Waals surface area contributed by atoms with Crippen molar-refractivity contribution in [3.05, 3.63) is 108 Å². The summed E-state index contributed by atoms with van der Waals surface area (Å²) in [5.41, 5.74) is 1.70. The number of ether oxygens (including phenoxy) is 1. The molecule has 1 amide bonds. The molecule has 1 fully saturated rings. The number of rotatable bonds is 5. The smallest absolute Gasteiger partial charge is 0.300 e. The zero-order valence-electron chi connectivity index (χ0n) is 18.5. The van der Waals surface area contributed by atoms with Gasteiger partial charge < -0.3 is 9.84 Å². The SMILES string of the molecule is CCOc1cccc(/C(O)=C2\C(=O)C(=O)N(c3cccc4ccccc34)C2c2ccncc2)c1. The maximum Gasteiger partial charge on any atom is 0.300 e. The van der Waals surface area contributed by atoms with Crippen LogP contribution in [-0.2, 0) is 9.59 Å². The molecule has 0 saturated carbocycles. The summed E-state index contributed by atoms with van der Waals surface area (Å²) >= 11 is 0. The molecular weight excluding hydrogens is 428 g/mol. The first-order chi connectivity index (χ1) is 16.6. The Morgan fingerprint density at radius 1 is 0.971 bits per heavy atom. The van der Waals surface area contributed by atoms with Gasteiger partial charge in [-0.15, -0.1) is 0 Å². The van der Waals surface area contributed by atoms with Crippen LogP contribution < -0.4 is 9.64 Å². The second-order valence-corrected chi connectivity index (χ2v) is 7.91. The van der Waals surface area contributed by atoms with Gasteiger partial charge in [0.25, 0.3) is 11.7 Å². The minimum Gasteiger partial charge on any atom is -0.507 e. The number of carbonyl (C=O) groups excluding carboxylic acids is 2. The lowest BCUT2D eigenvalue weighted by Crippen LogP contribution is -2.29. The van der Waals surface area contributed by atoms with Gasteiger partial charge in [0, 0.05) is 23.3 Å². The number of aromatic nitrogens is 1. The van der Waals surface area contributed by atoms with Gasteiger partial charge in [0.15, 0.2) is 0 Å². The molecule has 1 N–H and O–H groups in total. The van der Waals surface area contributed by atoms with E-state index in [4.69, 9.17) is 4.74 Å². The third-order valence-corrected chi connectivity index (χ3v) is 5.91. The summed E-state index contributed by atoms with van der Waals surface area (Å²) < 4.78 is 5.55. The Balaban J connectivity index is 1.74. The molecule has 0 spiro atoms. The lowest BCUT2D eigenvalue weighted by molar-refractivity contribution is -0.132. The number of ketones is 1. The highest BCUT2D eigenvalue weighted by atomic mass is 16.5. The van der Waals surface area contributed by atoms with Crippen molar-refractivity contribution >= 4 is 33.9 Å². The summed E-state index contributed by atoms with van der Waals surface area (Å²) in [5.74, 6) is -1.12.